The molecule has 1 N–H and O–H groups in total. The Morgan fingerprint density at radius 1 is 1.50 bits per heavy atom. The Morgan fingerprint density at radius 2 is 2.28 bits per heavy atom. The highest BCUT2D eigenvalue weighted by molar-refractivity contribution is 7.41. The summed E-state index contributed by atoms with van der Waals surface area (Å²) in [6, 6.07) is 7.65. The molecule has 1 heterocycles. The molecule has 1 saturated heterocycles. The van der Waals surface area contributed by atoms with E-state index in [2.05, 4.69) is 5.32 Å². The molecule has 0 spiro atoms. The number of carbonyl (C=O) groups excluding carboxylic acids is 2. The van der Waals surface area contributed by atoms with E-state index in [1.54, 1.807) is 18.4 Å². The summed E-state index contributed by atoms with van der Waals surface area (Å²) in [4.78, 5) is 23.6. The highest BCUT2D eigenvalue weighted by Gasteiger charge is 2.29. The maximum absolute atomic E-state index is 11.4. The van der Waals surface area contributed by atoms with Gasteiger partial charge in [-0.25, -0.2) is 4.62 Å². The van der Waals surface area contributed by atoms with Crippen LogP contribution in [0.25, 0.3) is 0 Å². The number of hydroxylamine groups is 2. The number of nitrogens with zero attached hydrogens (tertiary/aromatic N) is 2. The minimum Gasteiger partial charge on any atom is -0.379 e. The molecule has 2 rings (SSSR count). The largest absolute Gasteiger partial charge is 0.379 e. The minimum absolute atomic E-state index is 0.0504. The lowest BCUT2D eigenvalue weighted by atomic mass is 10.1. The number of hydrogen-bond donors (Lipinski definition) is 1. The fourth-order valence-electron chi connectivity index (χ4n) is 2.98. The molecule has 4 atom stereocenters. The highest BCUT2D eigenvalue weighted by Crippen LogP contribution is 2.48. The number of nitrogens with one attached hydrogen (secondary N) is 1. The second kappa shape index (κ2) is 13.9. The van der Waals surface area contributed by atoms with Gasteiger partial charge in [-0.15, -0.1) is 0 Å². The third-order valence-corrected chi connectivity index (χ3v) is 6.44. The van der Waals surface area contributed by atoms with Gasteiger partial charge in [-0.2, -0.15) is 5.06 Å². The summed E-state index contributed by atoms with van der Waals surface area (Å²) in [5.41, 5.74) is 0.983. The van der Waals surface area contributed by atoms with E-state index in [9.17, 15) is 9.59 Å². The average Bonchev–Trinajstić information content (AvgIpc) is 2.96. The van der Waals surface area contributed by atoms with Crippen LogP contribution in [0.5, 0.6) is 0 Å². The summed E-state index contributed by atoms with van der Waals surface area (Å²) >= 11 is 6.13. The molecule has 1 aromatic rings. The molecule has 32 heavy (non-hydrogen) atoms. The number of halogens is 1. The Hall–Kier alpha value is -1.58. The highest BCUT2D eigenvalue weighted by atomic mass is 35.5. The van der Waals surface area contributed by atoms with E-state index in [0.29, 0.717) is 24.4 Å². The predicted molar refractivity (Wildman–Crippen MR) is 122 cm³/mol. The number of benzene rings is 1. The van der Waals surface area contributed by atoms with E-state index < -0.39 is 14.5 Å². The van der Waals surface area contributed by atoms with E-state index in [1.165, 1.54) is 6.08 Å². The van der Waals surface area contributed by atoms with Gasteiger partial charge in [0.25, 0.3) is 5.91 Å². The first-order valence-corrected chi connectivity index (χ1v) is 11.7. The fraction of sp³-hybridized carbons (Fsp3) is 0.524. The quantitative estimate of drug-likeness (QED) is 0.288. The first kappa shape index (κ1) is 26.7. The van der Waals surface area contributed by atoms with E-state index in [0.717, 1.165) is 12.0 Å². The van der Waals surface area contributed by atoms with Crippen molar-refractivity contribution in [3.63, 3.8) is 0 Å². The number of rotatable bonds is 11. The van der Waals surface area contributed by atoms with Crippen molar-refractivity contribution in [3.8, 4) is 0 Å². The molecular weight excluding hydrogens is 457 g/mol. The third kappa shape index (κ3) is 9.11. The molecule has 11 heteroatoms. The molecule has 0 saturated carbocycles. The summed E-state index contributed by atoms with van der Waals surface area (Å²) in [5.74, 6) is -0.477. The Kier molecular flexibility index (Phi) is 11.5. The lowest BCUT2D eigenvalue weighted by Crippen LogP contribution is -2.31. The van der Waals surface area contributed by atoms with Gasteiger partial charge >= 0.3 is 8.60 Å². The molecule has 178 valence electrons. The van der Waals surface area contributed by atoms with Crippen molar-refractivity contribution in [3.05, 3.63) is 47.1 Å². The smallest absolute Gasteiger partial charge is 0.351 e. The van der Waals surface area contributed by atoms with Crippen molar-refractivity contribution in [1.29, 1.82) is 0 Å². The number of amides is 2. The van der Waals surface area contributed by atoms with Crippen LogP contribution in [-0.4, -0.2) is 68.8 Å². The SMILES string of the molecule is COC(COP1OC(c2cccc(Cl)c2)CCN(C)O1)CC(C)N(C)/C=C\C(=O)NC=O. The van der Waals surface area contributed by atoms with Crippen LogP contribution in [0.2, 0.25) is 5.02 Å². The Balaban J connectivity index is 1.90. The zero-order valence-electron chi connectivity index (χ0n) is 18.8. The second-order valence-corrected chi connectivity index (χ2v) is 8.96. The van der Waals surface area contributed by atoms with Crippen molar-refractivity contribution in [2.45, 2.75) is 38.0 Å². The molecule has 0 aromatic heterocycles. The van der Waals surface area contributed by atoms with Gasteiger partial charge in [-0.1, -0.05) is 23.7 Å². The first-order valence-electron chi connectivity index (χ1n) is 10.2. The monoisotopic (exact) mass is 487 g/mol. The lowest BCUT2D eigenvalue weighted by Gasteiger charge is -2.28. The van der Waals surface area contributed by atoms with Crippen molar-refractivity contribution >= 4 is 32.5 Å². The van der Waals surface area contributed by atoms with Gasteiger partial charge < -0.3 is 18.7 Å². The number of ether oxygens (including phenoxy) is 1. The molecule has 1 aromatic carbocycles. The molecule has 0 aliphatic carbocycles. The van der Waals surface area contributed by atoms with Gasteiger partial charge in [-0.05, 0) is 37.5 Å². The van der Waals surface area contributed by atoms with Gasteiger partial charge in [0.15, 0.2) is 0 Å². The molecule has 1 aliphatic heterocycles. The van der Waals surface area contributed by atoms with Crippen LogP contribution in [-0.2, 0) is 28.0 Å². The van der Waals surface area contributed by atoms with Crippen LogP contribution in [0, 0.1) is 0 Å². The van der Waals surface area contributed by atoms with Crippen molar-refractivity contribution in [2.24, 2.45) is 0 Å². The standard InChI is InChI=1S/C21H31ClN3O6P/c1-16(24(2)10-9-21(27)23-15-26)12-19(28-4)14-29-32-30-20(8-11-25(3)31-32)17-6-5-7-18(22)13-17/h5-7,9-10,13,15-16,19-20H,8,11-12,14H2,1-4H3,(H,23,26,27)/b10-9-. The molecule has 1 aliphatic rings. The Labute approximate surface area is 195 Å². The summed E-state index contributed by atoms with van der Waals surface area (Å²) < 4.78 is 23.5. The molecule has 9 nitrogen and oxygen atoms in total. The summed E-state index contributed by atoms with van der Waals surface area (Å²) in [5, 5.41) is 4.44. The molecule has 1 fully saturated rings. The average molecular weight is 488 g/mol. The van der Waals surface area contributed by atoms with E-state index in [1.807, 2.05) is 50.2 Å². The van der Waals surface area contributed by atoms with Crippen LogP contribution < -0.4 is 5.32 Å². The van der Waals surface area contributed by atoms with Gasteiger partial charge in [0.1, 0.15) is 0 Å². The van der Waals surface area contributed by atoms with Crippen LogP contribution in [0.1, 0.15) is 31.4 Å². The van der Waals surface area contributed by atoms with Crippen LogP contribution in [0.15, 0.2) is 36.5 Å². The van der Waals surface area contributed by atoms with Crippen molar-refractivity contribution in [2.75, 3.05) is 34.4 Å². The maximum atomic E-state index is 11.4. The summed E-state index contributed by atoms with van der Waals surface area (Å²) in [6.07, 6.45) is 4.26. The number of imide groups is 1. The van der Waals surface area contributed by atoms with Gasteiger partial charge in [-0.3, -0.25) is 14.9 Å². The lowest BCUT2D eigenvalue weighted by molar-refractivity contribution is -0.121. The van der Waals surface area contributed by atoms with Crippen LogP contribution in [0.4, 0.5) is 0 Å². The molecular formula is C21H31ClN3O6P. The van der Waals surface area contributed by atoms with Gasteiger partial charge in [0.2, 0.25) is 6.41 Å². The summed E-state index contributed by atoms with van der Waals surface area (Å²) in [7, 11) is 3.69. The molecule has 4 unspecified atom stereocenters. The first-order chi connectivity index (χ1) is 15.3. The van der Waals surface area contributed by atoms with Crippen molar-refractivity contribution in [1.82, 2.24) is 15.3 Å². The van der Waals surface area contributed by atoms with E-state index in [4.69, 9.17) is 30.0 Å². The summed E-state index contributed by atoms with van der Waals surface area (Å²) in [6.45, 7) is 2.98. The second-order valence-electron chi connectivity index (χ2n) is 7.44. The number of methoxy groups -OCH3 is 1. The number of carbonyl (C=O) groups is 2. The third-order valence-electron chi connectivity index (χ3n) is 5.01. The van der Waals surface area contributed by atoms with Crippen LogP contribution >= 0.6 is 20.2 Å². The molecule has 2 amide bonds. The number of hydrogen-bond acceptors (Lipinski definition) is 8. The fourth-order valence-corrected chi connectivity index (χ4v) is 4.36. The minimum atomic E-state index is -1.62. The van der Waals surface area contributed by atoms with Crippen molar-refractivity contribution < 1.29 is 28.0 Å². The van der Waals surface area contributed by atoms with E-state index in [-0.39, 0.29) is 24.9 Å². The van der Waals surface area contributed by atoms with Gasteiger partial charge in [0.05, 0.1) is 18.8 Å². The zero-order valence-corrected chi connectivity index (χ0v) is 20.4. The van der Waals surface area contributed by atoms with Crippen LogP contribution in [0.3, 0.4) is 0 Å². The zero-order chi connectivity index (χ0) is 23.5. The topological polar surface area (TPSA) is 89.6 Å². The predicted octanol–water partition coefficient (Wildman–Crippen LogP) is 3.42. The normalized spacial score (nSPS) is 21.7. The molecule has 0 radical (unpaired) electrons. The molecule has 0 bridgehead atoms. The van der Waals surface area contributed by atoms with Gasteiger partial charge in [0, 0.05) is 51.1 Å². The Bertz CT molecular complexity index is 771. The maximum Gasteiger partial charge on any atom is 0.351 e. The Morgan fingerprint density at radius 3 is 2.97 bits per heavy atom. The van der Waals surface area contributed by atoms with E-state index >= 15 is 0 Å².